The average molecular weight is 413 g/mol. The second kappa shape index (κ2) is 7.80. The third kappa shape index (κ3) is 4.12. The van der Waals surface area contributed by atoms with E-state index >= 15 is 0 Å². The first-order chi connectivity index (χ1) is 10.3. The largest absolute Gasteiger partial charge is 0.357 e. The minimum Gasteiger partial charge on any atom is -0.357 e. The zero-order valence-corrected chi connectivity index (χ0v) is 15.5. The van der Waals surface area contributed by atoms with Crippen molar-refractivity contribution in [3.63, 3.8) is 0 Å². The van der Waals surface area contributed by atoms with Gasteiger partial charge in [0.1, 0.15) is 0 Å². The number of nitrogens with zero attached hydrogens (tertiary/aromatic N) is 3. The molecule has 5 nitrogen and oxygen atoms in total. The lowest BCUT2D eigenvalue weighted by molar-refractivity contribution is 0.710. The predicted molar refractivity (Wildman–Crippen MR) is 102 cm³/mol. The van der Waals surface area contributed by atoms with Crippen LogP contribution in [0.5, 0.6) is 0 Å². The molecule has 2 aromatic rings. The molecular weight excluding hydrogens is 389 g/mol. The smallest absolute Gasteiger partial charge is 0.191 e. The molecule has 6 heteroatoms. The van der Waals surface area contributed by atoms with E-state index in [0.29, 0.717) is 6.04 Å². The summed E-state index contributed by atoms with van der Waals surface area (Å²) in [7, 11) is 0. The number of aliphatic imine (C=N–C) groups is 1. The number of benzene rings is 1. The molecule has 2 N–H and O–H groups in total. The maximum atomic E-state index is 4.66. The van der Waals surface area contributed by atoms with Crippen LogP contribution in [0, 0.1) is 5.92 Å². The Hall–Kier alpha value is -1.31. The molecule has 1 saturated carbocycles. The molecule has 0 saturated heterocycles. The summed E-state index contributed by atoms with van der Waals surface area (Å²) in [4.78, 5) is 9.06. The normalized spacial score (nSPS) is 20.5. The van der Waals surface area contributed by atoms with Crippen LogP contribution in [-0.4, -0.2) is 34.6 Å². The summed E-state index contributed by atoms with van der Waals surface area (Å²) in [5.41, 5.74) is 2.21. The van der Waals surface area contributed by atoms with Gasteiger partial charge in [0, 0.05) is 19.1 Å². The molecule has 2 unspecified atom stereocenters. The molecule has 1 aliphatic carbocycles. The van der Waals surface area contributed by atoms with E-state index in [9.17, 15) is 0 Å². The van der Waals surface area contributed by atoms with Crippen molar-refractivity contribution in [1.29, 1.82) is 0 Å². The van der Waals surface area contributed by atoms with Crippen LogP contribution in [0.3, 0.4) is 0 Å². The fourth-order valence-corrected chi connectivity index (χ4v) is 2.48. The highest BCUT2D eigenvalue weighted by Gasteiger charge is 2.33. The number of aromatic nitrogens is 2. The predicted octanol–water partition coefficient (Wildman–Crippen LogP) is 2.62. The Morgan fingerprint density at radius 1 is 1.41 bits per heavy atom. The molecule has 1 aromatic heterocycles. The maximum Gasteiger partial charge on any atom is 0.191 e. The summed E-state index contributed by atoms with van der Waals surface area (Å²) in [5.74, 6) is 1.70. The van der Waals surface area contributed by atoms with Crippen molar-refractivity contribution in [3.8, 4) is 0 Å². The zero-order chi connectivity index (χ0) is 14.7. The van der Waals surface area contributed by atoms with E-state index in [4.69, 9.17) is 0 Å². The minimum absolute atomic E-state index is 0. The zero-order valence-electron chi connectivity index (χ0n) is 13.1. The van der Waals surface area contributed by atoms with Crippen LogP contribution in [0.4, 0.5) is 0 Å². The lowest BCUT2D eigenvalue weighted by Gasteiger charge is -2.11. The van der Waals surface area contributed by atoms with E-state index in [1.807, 2.05) is 24.5 Å². The van der Waals surface area contributed by atoms with Gasteiger partial charge in [-0.25, -0.2) is 4.98 Å². The minimum atomic E-state index is 0. The monoisotopic (exact) mass is 413 g/mol. The summed E-state index contributed by atoms with van der Waals surface area (Å²) < 4.78 is 2.15. The van der Waals surface area contributed by atoms with Gasteiger partial charge < -0.3 is 15.2 Å². The quantitative estimate of drug-likeness (QED) is 0.450. The summed E-state index contributed by atoms with van der Waals surface area (Å²) >= 11 is 0. The Morgan fingerprint density at radius 2 is 2.18 bits per heavy atom. The molecule has 1 fully saturated rings. The number of fused-ring (bicyclic) bond motifs is 1. The SMILES string of the molecule is CCNC(=NCCn1cnc2ccccc21)NC1CC1C.I. The Morgan fingerprint density at radius 3 is 2.91 bits per heavy atom. The number of rotatable bonds is 5. The Bertz CT molecular complexity index is 636. The first kappa shape index (κ1) is 17.1. The molecule has 0 radical (unpaired) electrons. The topological polar surface area (TPSA) is 54.2 Å². The lowest BCUT2D eigenvalue weighted by Crippen LogP contribution is -2.39. The fraction of sp³-hybridized carbons (Fsp3) is 0.500. The highest BCUT2D eigenvalue weighted by atomic mass is 127. The van der Waals surface area contributed by atoms with Crippen LogP contribution in [0.15, 0.2) is 35.6 Å². The summed E-state index contributed by atoms with van der Waals surface area (Å²) in [6.07, 6.45) is 3.14. The van der Waals surface area contributed by atoms with E-state index in [-0.39, 0.29) is 24.0 Å². The molecule has 120 valence electrons. The Balaban J connectivity index is 0.00000176. The fourth-order valence-electron chi connectivity index (χ4n) is 2.48. The summed E-state index contributed by atoms with van der Waals surface area (Å²) in [6.45, 7) is 6.84. The van der Waals surface area contributed by atoms with Crippen LogP contribution >= 0.6 is 24.0 Å². The Labute approximate surface area is 148 Å². The second-order valence-electron chi connectivity index (χ2n) is 5.65. The van der Waals surface area contributed by atoms with Crippen molar-refractivity contribution in [2.24, 2.45) is 10.9 Å². The van der Waals surface area contributed by atoms with Gasteiger partial charge in [-0.05, 0) is 31.4 Å². The highest BCUT2D eigenvalue weighted by Crippen LogP contribution is 2.28. The molecule has 1 aliphatic rings. The molecular formula is C16H24IN5. The van der Waals surface area contributed by atoms with Gasteiger partial charge in [-0.15, -0.1) is 24.0 Å². The molecule has 1 heterocycles. The molecule has 3 rings (SSSR count). The molecule has 1 aromatic carbocycles. The van der Waals surface area contributed by atoms with Crippen LogP contribution in [-0.2, 0) is 6.54 Å². The van der Waals surface area contributed by atoms with Crippen molar-refractivity contribution in [3.05, 3.63) is 30.6 Å². The number of guanidine groups is 1. The maximum absolute atomic E-state index is 4.66. The van der Waals surface area contributed by atoms with E-state index in [2.05, 4.69) is 45.1 Å². The number of halogens is 1. The van der Waals surface area contributed by atoms with Crippen molar-refractivity contribution >= 4 is 41.0 Å². The van der Waals surface area contributed by atoms with Gasteiger partial charge in [0.2, 0.25) is 0 Å². The third-order valence-electron chi connectivity index (χ3n) is 3.91. The standard InChI is InChI=1S/C16H23N5.HI/c1-3-17-16(20-14-10-12(14)2)18-8-9-21-11-19-13-6-4-5-7-15(13)21;/h4-7,11-12,14H,3,8-10H2,1-2H3,(H2,17,18,20);1H. The van der Waals surface area contributed by atoms with Gasteiger partial charge in [-0.3, -0.25) is 4.99 Å². The first-order valence-electron chi connectivity index (χ1n) is 7.72. The first-order valence-corrected chi connectivity index (χ1v) is 7.72. The van der Waals surface area contributed by atoms with Crippen molar-refractivity contribution in [2.75, 3.05) is 13.1 Å². The van der Waals surface area contributed by atoms with Gasteiger partial charge in [-0.1, -0.05) is 19.1 Å². The van der Waals surface area contributed by atoms with Crippen LogP contribution in [0.1, 0.15) is 20.3 Å². The Kier molecular flexibility index (Phi) is 6.05. The van der Waals surface area contributed by atoms with Gasteiger partial charge in [0.05, 0.1) is 23.9 Å². The molecule has 2 atom stereocenters. The van der Waals surface area contributed by atoms with Gasteiger partial charge >= 0.3 is 0 Å². The van der Waals surface area contributed by atoms with Crippen LogP contribution in [0.25, 0.3) is 11.0 Å². The summed E-state index contributed by atoms with van der Waals surface area (Å²) in [6, 6.07) is 8.79. The number of hydrogen-bond acceptors (Lipinski definition) is 2. The van der Waals surface area contributed by atoms with Gasteiger partial charge in [0.15, 0.2) is 5.96 Å². The van der Waals surface area contributed by atoms with Gasteiger partial charge in [0.25, 0.3) is 0 Å². The van der Waals surface area contributed by atoms with Crippen LogP contribution in [0.2, 0.25) is 0 Å². The van der Waals surface area contributed by atoms with E-state index < -0.39 is 0 Å². The molecule has 0 spiro atoms. The number of hydrogen-bond donors (Lipinski definition) is 2. The third-order valence-corrected chi connectivity index (χ3v) is 3.91. The molecule has 0 amide bonds. The second-order valence-corrected chi connectivity index (χ2v) is 5.65. The highest BCUT2D eigenvalue weighted by molar-refractivity contribution is 14.0. The molecule has 0 bridgehead atoms. The number of imidazole rings is 1. The van der Waals surface area contributed by atoms with E-state index in [1.165, 1.54) is 11.9 Å². The molecule has 22 heavy (non-hydrogen) atoms. The number of nitrogens with one attached hydrogen (secondary N) is 2. The number of para-hydroxylation sites is 2. The van der Waals surface area contributed by atoms with Crippen molar-refractivity contribution in [1.82, 2.24) is 20.2 Å². The van der Waals surface area contributed by atoms with E-state index in [0.717, 1.165) is 37.0 Å². The average Bonchev–Trinajstić information content (AvgIpc) is 3.02. The van der Waals surface area contributed by atoms with Crippen molar-refractivity contribution < 1.29 is 0 Å². The lowest BCUT2D eigenvalue weighted by atomic mass is 10.3. The van der Waals surface area contributed by atoms with Crippen molar-refractivity contribution in [2.45, 2.75) is 32.9 Å². The van der Waals surface area contributed by atoms with Crippen LogP contribution < -0.4 is 10.6 Å². The molecule has 0 aliphatic heterocycles. The van der Waals surface area contributed by atoms with Gasteiger partial charge in [-0.2, -0.15) is 0 Å². The van der Waals surface area contributed by atoms with E-state index in [1.54, 1.807) is 0 Å². The summed E-state index contributed by atoms with van der Waals surface area (Å²) in [5, 5.41) is 6.78.